The third-order valence-corrected chi connectivity index (χ3v) is 11.2. The van der Waals surface area contributed by atoms with Crippen LogP contribution in [-0.4, -0.2) is 22.9 Å². The van der Waals surface area contributed by atoms with Gasteiger partial charge in [0.15, 0.2) is 0 Å². The Bertz CT molecular complexity index is 828. The first-order valence-electron chi connectivity index (χ1n) is 13.3. The molecule has 2 heteroatoms. The number of aliphatic hydroxyl groups is 2. The SMILES string of the molecule is CC(C)=CCC[C@@H](CO)[C@H]1CC[C@@]2(C)C3=CC[C@@H]4C(C)(C)[C@@H](O)CC[C@]4(C)C3=CC[C@]12C. The summed E-state index contributed by atoms with van der Waals surface area (Å²) in [6.07, 6.45) is 16.2. The summed E-state index contributed by atoms with van der Waals surface area (Å²) in [5.74, 6) is 1.48. The molecule has 0 aliphatic heterocycles. The van der Waals surface area contributed by atoms with Crippen molar-refractivity contribution >= 4 is 0 Å². The van der Waals surface area contributed by atoms with Gasteiger partial charge in [0.1, 0.15) is 0 Å². The fraction of sp³-hybridized carbons (Fsp3) is 0.800. The molecule has 2 nitrogen and oxygen atoms in total. The summed E-state index contributed by atoms with van der Waals surface area (Å²) in [5.41, 5.74) is 5.16. The first kappa shape index (κ1) is 24.3. The number of aliphatic hydroxyl groups excluding tert-OH is 2. The number of allylic oxidation sites excluding steroid dienone is 6. The van der Waals surface area contributed by atoms with E-state index in [0.29, 0.717) is 24.4 Å². The summed E-state index contributed by atoms with van der Waals surface area (Å²) < 4.78 is 0. The van der Waals surface area contributed by atoms with E-state index in [4.69, 9.17) is 0 Å². The van der Waals surface area contributed by atoms with Gasteiger partial charge in [-0.15, -0.1) is 0 Å². The molecule has 2 N–H and O–H groups in total. The first-order chi connectivity index (χ1) is 14.9. The van der Waals surface area contributed by atoms with Gasteiger partial charge in [-0.25, -0.2) is 0 Å². The van der Waals surface area contributed by atoms with Crippen LogP contribution in [0.5, 0.6) is 0 Å². The molecule has 0 unspecified atom stereocenters. The zero-order valence-electron chi connectivity index (χ0n) is 21.8. The lowest BCUT2D eigenvalue weighted by Gasteiger charge is -2.61. The highest BCUT2D eigenvalue weighted by Gasteiger charge is 2.63. The van der Waals surface area contributed by atoms with Gasteiger partial charge in [-0.2, -0.15) is 0 Å². The molecule has 0 saturated heterocycles. The Kier molecular flexibility index (Phi) is 6.16. The van der Waals surface area contributed by atoms with Crippen molar-refractivity contribution in [2.75, 3.05) is 6.61 Å². The van der Waals surface area contributed by atoms with Gasteiger partial charge in [0.2, 0.25) is 0 Å². The van der Waals surface area contributed by atoms with Crippen LogP contribution in [0.3, 0.4) is 0 Å². The molecule has 0 aromatic carbocycles. The van der Waals surface area contributed by atoms with Crippen LogP contribution in [0.1, 0.15) is 99.8 Å². The summed E-state index contributed by atoms with van der Waals surface area (Å²) in [7, 11) is 0. The van der Waals surface area contributed by atoms with Gasteiger partial charge < -0.3 is 10.2 Å². The molecular weight excluding hydrogens is 392 g/mol. The molecule has 0 amide bonds. The van der Waals surface area contributed by atoms with Gasteiger partial charge in [-0.3, -0.25) is 0 Å². The van der Waals surface area contributed by atoms with E-state index in [2.05, 4.69) is 66.7 Å². The van der Waals surface area contributed by atoms with Crippen molar-refractivity contribution in [3.8, 4) is 0 Å². The molecule has 32 heavy (non-hydrogen) atoms. The largest absolute Gasteiger partial charge is 0.396 e. The van der Waals surface area contributed by atoms with Crippen LogP contribution >= 0.6 is 0 Å². The molecule has 0 heterocycles. The summed E-state index contributed by atoms with van der Waals surface area (Å²) in [5, 5.41) is 21.2. The molecule has 4 aliphatic carbocycles. The molecule has 0 aromatic rings. The van der Waals surface area contributed by atoms with Crippen molar-refractivity contribution in [1.82, 2.24) is 0 Å². The molecule has 2 fully saturated rings. The van der Waals surface area contributed by atoms with E-state index >= 15 is 0 Å². The zero-order valence-corrected chi connectivity index (χ0v) is 21.8. The maximum Gasteiger partial charge on any atom is 0.0594 e. The van der Waals surface area contributed by atoms with Crippen molar-refractivity contribution in [1.29, 1.82) is 0 Å². The number of hydrogen-bond donors (Lipinski definition) is 2. The van der Waals surface area contributed by atoms with E-state index in [1.54, 1.807) is 11.1 Å². The van der Waals surface area contributed by atoms with E-state index in [9.17, 15) is 10.2 Å². The van der Waals surface area contributed by atoms with E-state index in [0.717, 1.165) is 38.5 Å². The minimum atomic E-state index is -0.192. The Morgan fingerprint density at radius 1 is 1.06 bits per heavy atom. The number of hydrogen-bond acceptors (Lipinski definition) is 2. The fourth-order valence-electron chi connectivity index (χ4n) is 8.79. The van der Waals surface area contributed by atoms with Gasteiger partial charge >= 0.3 is 0 Å². The van der Waals surface area contributed by atoms with Crippen LogP contribution in [0.4, 0.5) is 0 Å². The highest BCUT2D eigenvalue weighted by atomic mass is 16.3. The normalized spacial score (nSPS) is 43.3. The number of fused-ring (bicyclic) bond motifs is 5. The fourth-order valence-corrected chi connectivity index (χ4v) is 8.79. The second-order valence-electron chi connectivity index (χ2n) is 13.2. The third-order valence-electron chi connectivity index (χ3n) is 11.2. The van der Waals surface area contributed by atoms with E-state index in [1.165, 1.54) is 18.4 Å². The zero-order chi connectivity index (χ0) is 23.5. The van der Waals surface area contributed by atoms with Crippen molar-refractivity contribution in [3.63, 3.8) is 0 Å². The lowest BCUT2D eigenvalue weighted by molar-refractivity contribution is -0.0852. The molecule has 180 valence electrons. The average molecular weight is 441 g/mol. The van der Waals surface area contributed by atoms with Gasteiger partial charge in [0.05, 0.1) is 6.10 Å². The van der Waals surface area contributed by atoms with Crippen LogP contribution < -0.4 is 0 Å². The molecule has 4 aliphatic rings. The van der Waals surface area contributed by atoms with E-state index in [1.807, 2.05) is 0 Å². The van der Waals surface area contributed by atoms with Crippen LogP contribution in [0, 0.1) is 39.4 Å². The Labute approximate surface area is 197 Å². The monoisotopic (exact) mass is 440 g/mol. The smallest absolute Gasteiger partial charge is 0.0594 e. The van der Waals surface area contributed by atoms with Crippen LogP contribution in [-0.2, 0) is 0 Å². The second-order valence-corrected chi connectivity index (χ2v) is 13.2. The summed E-state index contributed by atoms with van der Waals surface area (Å²) >= 11 is 0. The molecule has 4 rings (SSSR count). The van der Waals surface area contributed by atoms with Gasteiger partial charge in [0, 0.05) is 6.61 Å². The van der Waals surface area contributed by atoms with Gasteiger partial charge in [0.25, 0.3) is 0 Å². The van der Waals surface area contributed by atoms with Gasteiger partial charge in [-0.05, 0) is 116 Å². The predicted molar refractivity (Wildman–Crippen MR) is 134 cm³/mol. The Balaban J connectivity index is 1.67. The minimum absolute atomic E-state index is 0.0390. The third kappa shape index (κ3) is 3.34. The lowest BCUT2D eigenvalue weighted by atomic mass is 9.44. The molecular formula is C30H48O2. The second kappa shape index (κ2) is 8.12. The highest BCUT2D eigenvalue weighted by molar-refractivity contribution is 5.49. The van der Waals surface area contributed by atoms with Crippen LogP contribution in [0.15, 0.2) is 34.9 Å². The quantitative estimate of drug-likeness (QED) is 0.443. The summed E-state index contributed by atoms with van der Waals surface area (Å²) in [6.45, 7) is 16.8. The maximum atomic E-state index is 10.8. The van der Waals surface area contributed by atoms with Crippen molar-refractivity contribution in [2.24, 2.45) is 39.4 Å². The van der Waals surface area contributed by atoms with Crippen molar-refractivity contribution < 1.29 is 10.2 Å². The lowest BCUT2D eigenvalue weighted by Crippen LogP contribution is -2.54. The Hall–Kier alpha value is -0.860. The van der Waals surface area contributed by atoms with Crippen molar-refractivity contribution in [2.45, 2.75) is 106 Å². The molecule has 7 atom stereocenters. The maximum absolute atomic E-state index is 10.8. The van der Waals surface area contributed by atoms with E-state index < -0.39 is 0 Å². The number of rotatable bonds is 5. The Morgan fingerprint density at radius 2 is 1.78 bits per heavy atom. The first-order valence-corrected chi connectivity index (χ1v) is 13.3. The molecule has 0 bridgehead atoms. The molecule has 0 radical (unpaired) electrons. The highest BCUT2D eigenvalue weighted by Crippen LogP contribution is 2.71. The van der Waals surface area contributed by atoms with Crippen molar-refractivity contribution in [3.05, 3.63) is 34.9 Å². The minimum Gasteiger partial charge on any atom is -0.396 e. The molecule has 0 aromatic heterocycles. The standard InChI is InChI=1S/C30H48O2/c1-20(2)9-8-10-21(19-31)22-13-17-30(7)24-11-12-25-27(3,4)26(32)15-16-28(25,5)23(24)14-18-29(22,30)6/h9,11,14,21-22,25-26,31-32H,8,10,12-13,15-19H2,1-7H3/t21-,22+,25+,26-,28+,29+,30-/m0/s1. The van der Waals surface area contributed by atoms with Crippen LogP contribution in [0.2, 0.25) is 0 Å². The van der Waals surface area contributed by atoms with Crippen LogP contribution in [0.25, 0.3) is 0 Å². The molecule has 2 saturated carbocycles. The predicted octanol–water partition coefficient (Wildman–Crippen LogP) is 7.23. The van der Waals surface area contributed by atoms with Gasteiger partial charge in [-0.1, -0.05) is 58.4 Å². The Morgan fingerprint density at radius 3 is 2.44 bits per heavy atom. The summed E-state index contributed by atoms with van der Waals surface area (Å²) in [4.78, 5) is 0. The molecule has 0 spiro atoms. The average Bonchev–Trinajstić information content (AvgIpc) is 3.00. The topological polar surface area (TPSA) is 40.5 Å². The summed E-state index contributed by atoms with van der Waals surface area (Å²) in [6, 6.07) is 0. The van der Waals surface area contributed by atoms with E-state index in [-0.39, 0.29) is 27.8 Å².